The minimum atomic E-state index is 0.593. The lowest BCUT2D eigenvalue weighted by molar-refractivity contribution is 0.415. The number of nitrogens with two attached hydrogens (primary N) is 1. The molecule has 2 N–H and O–H groups in total. The van der Waals surface area contributed by atoms with Crippen LogP contribution in [0.15, 0.2) is 41.8 Å². The van der Waals surface area contributed by atoms with Crippen molar-refractivity contribution in [3.8, 4) is 17.0 Å². The Morgan fingerprint density at radius 3 is 2.83 bits per heavy atom. The summed E-state index contributed by atoms with van der Waals surface area (Å²) >= 11 is 1.46. The third-order valence-electron chi connectivity index (χ3n) is 2.89. The van der Waals surface area contributed by atoms with E-state index < -0.39 is 0 Å². The van der Waals surface area contributed by atoms with Gasteiger partial charge >= 0.3 is 0 Å². The highest BCUT2D eigenvalue weighted by Gasteiger charge is 2.07. The van der Waals surface area contributed by atoms with Crippen molar-refractivity contribution in [1.82, 2.24) is 4.98 Å². The average Bonchev–Trinajstić information content (AvgIpc) is 2.84. The van der Waals surface area contributed by atoms with Crippen LogP contribution in [0.5, 0.6) is 5.75 Å². The van der Waals surface area contributed by atoms with E-state index in [1.54, 1.807) is 7.11 Å². The Morgan fingerprint density at radius 1 is 1.22 bits per heavy atom. The molecule has 3 aromatic rings. The van der Waals surface area contributed by atoms with Crippen molar-refractivity contribution in [3.63, 3.8) is 0 Å². The van der Waals surface area contributed by atoms with E-state index in [4.69, 9.17) is 10.5 Å². The topological polar surface area (TPSA) is 48.1 Å². The van der Waals surface area contributed by atoms with Crippen LogP contribution < -0.4 is 10.5 Å². The first-order valence-corrected chi connectivity index (χ1v) is 6.44. The number of thiazole rings is 1. The van der Waals surface area contributed by atoms with E-state index in [0.29, 0.717) is 5.13 Å². The normalized spacial score (nSPS) is 10.7. The molecule has 0 saturated heterocycles. The molecule has 3 rings (SSSR count). The van der Waals surface area contributed by atoms with Crippen molar-refractivity contribution in [2.24, 2.45) is 0 Å². The Morgan fingerprint density at radius 2 is 2.11 bits per heavy atom. The van der Waals surface area contributed by atoms with E-state index in [0.717, 1.165) is 27.8 Å². The van der Waals surface area contributed by atoms with Crippen LogP contribution >= 0.6 is 11.3 Å². The molecule has 0 fully saturated rings. The molecule has 18 heavy (non-hydrogen) atoms. The predicted molar refractivity (Wildman–Crippen MR) is 76.0 cm³/mol. The largest absolute Gasteiger partial charge is 0.497 e. The summed E-state index contributed by atoms with van der Waals surface area (Å²) in [7, 11) is 1.67. The van der Waals surface area contributed by atoms with Gasteiger partial charge in [-0.3, -0.25) is 0 Å². The molecule has 3 nitrogen and oxygen atoms in total. The van der Waals surface area contributed by atoms with Crippen molar-refractivity contribution < 1.29 is 4.74 Å². The van der Waals surface area contributed by atoms with Gasteiger partial charge in [0, 0.05) is 10.9 Å². The van der Waals surface area contributed by atoms with E-state index in [1.165, 1.54) is 11.3 Å². The number of hydrogen-bond acceptors (Lipinski definition) is 4. The number of ether oxygens (including phenoxy) is 1. The highest BCUT2D eigenvalue weighted by Crippen LogP contribution is 2.31. The molecule has 0 saturated carbocycles. The van der Waals surface area contributed by atoms with Gasteiger partial charge in [-0.25, -0.2) is 4.98 Å². The molecule has 0 radical (unpaired) electrons. The quantitative estimate of drug-likeness (QED) is 0.762. The fourth-order valence-electron chi connectivity index (χ4n) is 2.02. The lowest BCUT2D eigenvalue weighted by atomic mass is 10.0. The molecule has 0 bridgehead atoms. The van der Waals surface area contributed by atoms with Gasteiger partial charge in [-0.05, 0) is 22.9 Å². The molecule has 0 atom stereocenters. The maximum atomic E-state index is 5.69. The van der Waals surface area contributed by atoms with Gasteiger partial charge in [0.15, 0.2) is 5.13 Å². The molecule has 0 amide bonds. The molecule has 0 aliphatic carbocycles. The van der Waals surface area contributed by atoms with E-state index in [2.05, 4.69) is 23.2 Å². The summed E-state index contributed by atoms with van der Waals surface area (Å²) in [5, 5.41) is 4.87. The molecule has 0 spiro atoms. The van der Waals surface area contributed by atoms with Crippen molar-refractivity contribution >= 4 is 27.2 Å². The summed E-state index contributed by atoms with van der Waals surface area (Å²) < 4.78 is 5.24. The molecule has 1 aromatic heterocycles. The number of anilines is 1. The van der Waals surface area contributed by atoms with Crippen LogP contribution in [-0.4, -0.2) is 12.1 Å². The van der Waals surface area contributed by atoms with Crippen LogP contribution in [0.1, 0.15) is 0 Å². The lowest BCUT2D eigenvalue weighted by Crippen LogP contribution is -1.86. The number of methoxy groups -OCH3 is 1. The summed E-state index contributed by atoms with van der Waals surface area (Å²) in [6.07, 6.45) is 0. The zero-order valence-corrected chi connectivity index (χ0v) is 10.7. The number of fused-ring (bicyclic) bond motifs is 1. The number of benzene rings is 2. The minimum Gasteiger partial charge on any atom is -0.497 e. The van der Waals surface area contributed by atoms with Crippen molar-refractivity contribution in [1.29, 1.82) is 0 Å². The SMILES string of the molecule is COc1ccc2c(-c3csc(N)n3)cccc2c1. The maximum Gasteiger partial charge on any atom is 0.180 e. The fraction of sp³-hybridized carbons (Fsp3) is 0.0714. The van der Waals surface area contributed by atoms with Crippen LogP contribution in [0.25, 0.3) is 22.0 Å². The number of hydrogen-bond donors (Lipinski definition) is 1. The molecule has 4 heteroatoms. The molecule has 90 valence electrons. The van der Waals surface area contributed by atoms with Crippen molar-refractivity contribution in [2.75, 3.05) is 12.8 Å². The summed E-state index contributed by atoms with van der Waals surface area (Å²) in [6.45, 7) is 0. The molecular formula is C14H12N2OS. The first-order valence-electron chi connectivity index (χ1n) is 5.56. The summed E-state index contributed by atoms with van der Waals surface area (Å²) in [6, 6.07) is 12.2. The number of nitrogens with zero attached hydrogens (tertiary/aromatic N) is 1. The van der Waals surface area contributed by atoms with Crippen molar-refractivity contribution in [3.05, 3.63) is 41.8 Å². The Bertz CT molecular complexity index is 706. The Hall–Kier alpha value is -2.07. The monoisotopic (exact) mass is 256 g/mol. The minimum absolute atomic E-state index is 0.593. The average molecular weight is 256 g/mol. The van der Waals surface area contributed by atoms with Crippen LogP contribution in [0, 0.1) is 0 Å². The second-order valence-electron chi connectivity index (χ2n) is 3.96. The number of aromatic nitrogens is 1. The highest BCUT2D eigenvalue weighted by molar-refractivity contribution is 7.13. The van der Waals surface area contributed by atoms with E-state index in [9.17, 15) is 0 Å². The third-order valence-corrected chi connectivity index (χ3v) is 3.56. The first kappa shape index (κ1) is 11.0. The molecule has 0 unspecified atom stereocenters. The zero-order valence-electron chi connectivity index (χ0n) is 9.88. The van der Waals surface area contributed by atoms with Crippen LogP contribution in [0.3, 0.4) is 0 Å². The molecule has 1 heterocycles. The van der Waals surface area contributed by atoms with Gasteiger partial charge in [-0.2, -0.15) is 0 Å². The van der Waals surface area contributed by atoms with Crippen LogP contribution in [0.4, 0.5) is 5.13 Å². The molecule has 0 aliphatic heterocycles. The molecule has 0 aliphatic rings. The fourth-order valence-corrected chi connectivity index (χ4v) is 2.59. The van der Waals surface area contributed by atoms with Gasteiger partial charge in [-0.15, -0.1) is 11.3 Å². The zero-order chi connectivity index (χ0) is 12.5. The van der Waals surface area contributed by atoms with Crippen LogP contribution in [-0.2, 0) is 0 Å². The van der Waals surface area contributed by atoms with Gasteiger partial charge < -0.3 is 10.5 Å². The van der Waals surface area contributed by atoms with Gasteiger partial charge in [0.1, 0.15) is 5.75 Å². The summed E-state index contributed by atoms with van der Waals surface area (Å²) in [4.78, 5) is 4.34. The lowest BCUT2D eigenvalue weighted by Gasteiger charge is -2.06. The molecular weight excluding hydrogens is 244 g/mol. The summed E-state index contributed by atoms with van der Waals surface area (Å²) in [5.74, 6) is 0.859. The van der Waals surface area contributed by atoms with Crippen LogP contribution in [0.2, 0.25) is 0 Å². The number of rotatable bonds is 2. The van der Waals surface area contributed by atoms with Gasteiger partial charge in [-0.1, -0.05) is 24.3 Å². The Labute approximate surface area is 109 Å². The smallest absolute Gasteiger partial charge is 0.180 e. The first-order chi connectivity index (χ1) is 8.78. The Balaban J connectivity index is 2.24. The second-order valence-corrected chi connectivity index (χ2v) is 4.85. The Kier molecular flexibility index (Phi) is 2.64. The molecule has 2 aromatic carbocycles. The maximum absolute atomic E-state index is 5.69. The van der Waals surface area contributed by atoms with Gasteiger partial charge in [0.2, 0.25) is 0 Å². The highest BCUT2D eigenvalue weighted by atomic mass is 32.1. The van der Waals surface area contributed by atoms with Gasteiger partial charge in [0.05, 0.1) is 12.8 Å². The van der Waals surface area contributed by atoms with E-state index in [1.807, 2.05) is 23.6 Å². The van der Waals surface area contributed by atoms with Crippen molar-refractivity contribution in [2.45, 2.75) is 0 Å². The van der Waals surface area contributed by atoms with E-state index >= 15 is 0 Å². The van der Waals surface area contributed by atoms with E-state index in [-0.39, 0.29) is 0 Å². The standard InChI is InChI=1S/C14H12N2OS/c1-17-10-5-6-11-9(7-10)3-2-4-12(11)13-8-18-14(15)16-13/h2-8H,1H3,(H2,15,16). The predicted octanol–water partition coefficient (Wildman–Crippen LogP) is 3.55. The van der Waals surface area contributed by atoms with Gasteiger partial charge in [0.25, 0.3) is 0 Å². The third kappa shape index (κ3) is 1.80. The summed E-state index contributed by atoms with van der Waals surface area (Å²) in [5.41, 5.74) is 7.72. The second kappa shape index (κ2) is 4.31. The number of nitrogen functional groups attached to an aromatic ring is 1.